The quantitative estimate of drug-likeness (QED) is 0.443. The third-order valence-electron chi connectivity index (χ3n) is 4.51. The highest BCUT2D eigenvalue weighted by molar-refractivity contribution is 7.80. The van der Waals surface area contributed by atoms with Gasteiger partial charge in [-0.05, 0) is 55.9 Å². The van der Waals surface area contributed by atoms with E-state index in [0.29, 0.717) is 24.2 Å². The van der Waals surface area contributed by atoms with Gasteiger partial charge in [0.2, 0.25) is 5.91 Å². The highest BCUT2D eigenvalue weighted by Gasteiger charge is 2.16. The molecule has 6 heteroatoms. The molecular formula is C23H29N3O2S. The number of benzene rings is 2. The molecule has 0 bridgehead atoms. The van der Waals surface area contributed by atoms with E-state index in [0.717, 1.165) is 31.4 Å². The Bertz CT molecular complexity index is 824. The summed E-state index contributed by atoms with van der Waals surface area (Å²) in [5, 5.41) is 5.94. The summed E-state index contributed by atoms with van der Waals surface area (Å²) in [5.74, 6) is -0.180. The first kappa shape index (κ1) is 22.6. The van der Waals surface area contributed by atoms with Gasteiger partial charge in [0, 0.05) is 29.9 Å². The second kappa shape index (κ2) is 12.0. The minimum absolute atomic E-state index is 0.0896. The highest BCUT2D eigenvalue weighted by Crippen LogP contribution is 2.18. The first-order valence-corrected chi connectivity index (χ1v) is 10.5. The Labute approximate surface area is 178 Å². The number of hydrogen-bond acceptors (Lipinski definition) is 3. The Kier molecular flexibility index (Phi) is 9.31. The number of anilines is 2. The van der Waals surface area contributed by atoms with E-state index in [9.17, 15) is 9.59 Å². The molecule has 154 valence electrons. The van der Waals surface area contributed by atoms with Gasteiger partial charge in [0.1, 0.15) is 0 Å². The molecule has 2 aromatic carbocycles. The van der Waals surface area contributed by atoms with Gasteiger partial charge >= 0.3 is 0 Å². The zero-order valence-electron chi connectivity index (χ0n) is 17.1. The van der Waals surface area contributed by atoms with Crippen LogP contribution >= 0.6 is 12.2 Å². The van der Waals surface area contributed by atoms with Crippen LogP contribution in [0.25, 0.3) is 0 Å². The second-order valence-electron chi connectivity index (χ2n) is 6.78. The molecule has 0 unspecified atom stereocenters. The Morgan fingerprint density at radius 3 is 2.41 bits per heavy atom. The van der Waals surface area contributed by atoms with Crippen LogP contribution in [0.5, 0.6) is 0 Å². The van der Waals surface area contributed by atoms with Gasteiger partial charge in [-0.3, -0.25) is 9.59 Å². The summed E-state index contributed by atoms with van der Waals surface area (Å²) in [6.45, 7) is 4.64. The number of amides is 2. The molecular weight excluding hydrogens is 382 g/mol. The number of para-hydroxylation sites is 1. The van der Waals surface area contributed by atoms with Gasteiger partial charge in [-0.15, -0.1) is 0 Å². The molecule has 0 spiro atoms. The van der Waals surface area contributed by atoms with E-state index in [1.54, 1.807) is 23.1 Å². The number of carbonyl (C=O) groups is 2. The zero-order valence-corrected chi connectivity index (χ0v) is 17.9. The van der Waals surface area contributed by atoms with Crippen LogP contribution in [0.15, 0.2) is 54.6 Å². The predicted octanol–water partition coefficient (Wildman–Crippen LogP) is 5.14. The van der Waals surface area contributed by atoms with Crippen molar-refractivity contribution in [3.63, 3.8) is 0 Å². The van der Waals surface area contributed by atoms with Crippen molar-refractivity contribution in [1.82, 2.24) is 5.32 Å². The fourth-order valence-corrected chi connectivity index (χ4v) is 3.23. The zero-order chi connectivity index (χ0) is 21.1. The molecule has 0 saturated heterocycles. The largest absolute Gasteiger partial charge is 0.332 e. The van der Waals surface area contributed by atoms with Crippen LogP contribution in [0.4, 0.5) is 11.4 Å². The molecule has 5 nitrogen and oxygen atoms in total. The Hall–Kier alpha value is -2.73. The van der Waals surface area contributed by atoms with E-state index in [4.69, 9.17) is 12.2 Å². The Morgan fingerprint density at radius 2 is 1.72 bits per heavy atom. The summed E-state index contributed by atoms with van der Waals surface area (Å²) < 4.78 is 0. The molecule has 2 rings (SSSR count). The van der Waals surface area contributed by atoms with Crippen molar-refractivity contribution in [1.29, 1.82) is 0 Å². The van der Waals surface area contributed by atoms with Crippen LogP contribution in [-0.4, -0.2) is 23.5 Å². The van der Waals surface area contributed by atoms with Crippen molar-refractivity contribution in [3.05, 3.63) is 60.2 Å². The lowest BCUT2D eigenvalue weighted by Crippen LogP contribution is -2.34. The van der Waals surface area contributed by atoms with Crippen LogP contribution < -0.4 is 15.5 Å². The minimum atomic E-state index is -0.0907. The van der Waals surface area contributed by atoms with Gasteiger partial charge in [-0.1, -0.05) is 50.5 Å². The molecule has 0 aliphatic rings. The number of nitrogens with zero attached hydrogens (tertiary/aromatic N) is 1. The molecule has 0 aliphatic carbocycles. The number of hydrogen-bond donors (Lipinski definition) is 2. The summed E-state index contributed by atoms with van der Waals surface area (Å²) in [7, 11) is 0. The fourth-order valence-electron chi connectivity index (χ4n) is 3.00. The molecule has 29 heavy (non-hydrogen) atoms. The predicted molar refractivity (Wildman–Crippen MR) is 123 cm³/mol. The van der Waals surface area contributed by atoms with Crippen LogP contribution in [0, 0.1) is 0 Å². The average molecular weight is 412 g/mol. The van der Waals surface area contributed by atoms with Crippen molar-refractivity contribution in [3.8, 4) is 0 Å². The molecule has 0 fully saturated rings. The van der Waals surface area contributed by atoms with E-state index in [1.807, 2.05) is 43.3 Å². The summed E-state index contributed by atoms with van der Waals surface area (Å²) in [6.07, 6.45) is 4.63. The van der Waals surface area contributed by atoms with E-state index in [1.165, 1.54) is 0 Å². The SMILES string of the molecule is CCCCCCC(=O)NC(=S)Nc1cccc(C(=O)N(CC)c2ccccc2)c1. The van der Waals surface area contributed by atoms with Crippen molar-refractivity contribution in [2.24, 2.45) is 0 Å². The molecule has 2 aromatic rings. The number of rotatable bonds is 9. The molecule has 0 aromatic heterocycles. The fraction of sp³-hybridized carbons (Fsp3) is 0.348. The first-order valence-electron chi connectivity index (χ1n) is 10.1. The molecule has 0 saturated carbocycles. The maximum absolute atomic E-state index is 13.0. The molecule has 2 N–H and O–H groups in total. The van der Waals surface area contributed by atoms with Crippen LogP contribution in [-0.2, 0) is 4.79 Å². The van der Waals surface area contributed by atoms with Gasteiger partial charge in [-0.2, -0.15) is 0 Å². The van der Waals surface area contributed by atoms with Gasteiger partial charge in [0.15, 0.2) is 5.11 Å². The lowest BCUT2D eigenvalue weighted by atomic mass is 10.1. The van der Waals surface area contributed by atoms with Crippen molar-refractivity contribution in [2.75, 3.05) is 16.8 Å². The molecule has 2 amide bonds. The lowest BCUT2D eigenvalue weighted by Gasteiger charge is -2.21. The number of carbonyl (C=O) groups excluding carboxylic acids is 2. The Morgan fingerprint density at radius 1 is 0.966 bits per heavy atom. The highest BCUT2D eigenvalue weighted by atomic mass is 32.1. The minimum Gasteiger partial charge on any atom is -0.332 e. The average Bonchev–Trinajstić information content (AvgIpc) is 2.72. The Balaban J connectivity index is 1.97. The topological polar surface area (TPSA) is 61.4 Å². The maximum atomic E-state index is 13.0. The van der Waals surface area contributed by atoms with Gasteiger partial charge in [0.05, 0.1) is 0 Å². The molecule has 0 aliphatic heterocycles. The van der Waals surface area contributed by atoms with E-state index in [-0.39, 0.29) is 16.9 Å². The van der Waals surface area contributed by atoms with Gasteiger partial charge < -0.3 is 15.5 Å². The third kappa shape index (κ3) is 7.31. The standard InChI is InChI=1S/C23H29N3O2S/c1-3-5-6-10-16-21(27)25-23(29)24-19-13-11-12-18(17-19)22(28)26(4-2)20-14-8-7-9-15-20/h7-9,11-15,17H,3-6,10,16H2,1-2H3,(H2,24,25,27,29). The van der Waals surface area contributed by atoms with Gasteiger partial charge in [0.25, 0.3) is 5.91 Å². The van der Waals surface area contributed by atoms with E-state index in [2.05, 4.69) is 17.6 Å². The molecule has 0 radical (unpaired) electrons. The van der Waals surface area contributed by atoms with Crippen LogP contribution in [0.3, 0.4) is 0 Å². The summed E-state index contributed by atoms with van der Waals surface area (Å²) in [6, 6.07) is 16.7. The maximum Gasteiger partial charge on any atom is 0.258 e. The number of unbranched alkanes of at least 4 members (excludes halogenated alkanes) is 3. The van der Waals surface area contributed by atoms with Crippen molar-refractivity contribution >= 4 is 40.5 Å². The van der Waals surface area contributed by atoms with Crippen LogP contribution in [0.2, 0.25) is 0 Å². The van der Waals surface area contributed by atoms with E-state index < -0.39 is 0 Å². The lowest BCUT2D eigenvalue weighted by molar-refractivity contribution is -0.119. The molecule has 0 heterocycles. The second-order valence-corrected chi connectivity index (χ2v) is 7.19. The summed E-state index contributed by atoms with van der Waals surface area (Å²) >= 11 is 5.24. The van der Waals surface area contributed by atoms with Crippen molar-refractivity contribution in [2.45, 2.75) is 46.0 Å². The number of thiocarbonyl (C=S) groups is 1. The van der Waals surface area contributed by atoms with Gasteiger partial charge in [-0.25, -0.2) is 0 Å². The summed E-state index contributed by atoms with van der Waals surface area (Å²) in [4.78, 5) is 26.6. The third-order valence-corrected chi connectivity index (χ3v) is 4.71. The van der Waals surface area contributed by atoms with E-state index >= 15 is 0 Å². The smallest absolute Gasteiger partial charge is 0.258 e. The summed E-state index contributed by atoms with van der Waals surface area (Å²) in [5.41, 5.74) is 2.06. The normalized spacial score (nSPS) is 10.3. The van der Waals surface area contributed by atoms with Crippen LogP contribution in [0.1, 0.15) is 56.3 Å². The number of nitrogens with one attached hydrogen (secondary N) is 2. The van der Waals surface area contributed by atoms with Crippen molar-refractivity contribution < 1.29 is 9.59 Å². The first-order chi connectivity index (χ1) is 14.0. The molecule has 0 atom stereocenters. The monoisotopic (exact) mass is 411 g/mol.